The molecule has 1 N–H and O–H groups in total. The van der Waals surface area contributed by atoms with Gasteiger partial charge < -0.3 is 10.1 Å². The fourth-order valence-electron chi connectivity index (χ4n) is 2.68. The smallest absolute Gasteiger partial charge is 0.257 e. The Morgan fingerprint density at radius 1 is 1.41 bits per heavy atom. The lowest BCUT2D eigenvalue weighted by atomic mass is 10.2. The SMILES string of the molecule is Cc1nn2cccnc2c1C(=O)NCCCN1CCOCC1. The maximum absolute atomic E-state index is 12.4. The van der Waals surface area contributed by atoms with Gasteiger partial charge in [0.05, 0.1) is 18.9 Å². The summed E-state index contributed by atoms with van der Waals surface area (Å²) in [5.41, 5.74) is 1.86. The first kappa shape index (κ1) is 14.9. The molecule has 0 spiro atoms. The van der Waals surface area contributed by atoms with E-state index in [0.717, 1.165) is 39.3 Å². The second-order valence-corrected chi connectivity index (χ2v) is 5.41. The zero-order valence-corrected chi connectivity index (χ0v) is 12.8. The van der Waals surface area contributed by atoms with Crippen molar-refractivity contribution in [3.8, 4) is 0 Å². The van der Waals surface area contributed by atoms with Gasteiger partial charge in [0.15, 0.2) is 5.65 Å². The molecule has 0 saturated carbocycles. The summed E-state index contributed by atoms with van der Waals surface area (Å²) in [7, 11) is 0. The minimum Gasteiger partial charge on any atom is -0.379 e. The van der Waals surface area contributed by atoms with Gasteiger partial charge in [-0.15, -0.1) is 0 Å². The number of nitrogens with zero attached hydrogens (tertiary/aromatic N) is 4. The highest BCUT2D eigenvalue weighted by molar-refractivity contribution is 6.00. The second-order valence-electron chi connectivity index (χ2n) is 5.41. The summed E-state index contributed by atoms with van der Waals surface area (Å²) < 4.78 is 6.96. The van der Waals surface area contributed by atoms with Crippen molar-refractivity contribution in [1.29, 1.82) is 0 Å². The summed E-state index contributed by atoms with van der Waals surface area (Å²) in [5.74, 6) is -0.104. The van der Waals surface area contributed by atoms with E-state index in [1.807, 2.05) is 6.92 Å². The number of amides is 1. The Labute approximate surface area is 129 Å². The molecule has 118 valence electrons. The molecule has 1 aliphatic heterocycles. The predicted molar refractivity (Wildman–Crippen MR) is 81.9 cm³/mol. The number of carbonyl (C=O) groups excluding carboxylic acids is 1. The van der Waals surface area contributed by atoms with Crippen LogP contribution in [0.4, 0.5) is 0 Å². The van der Waals surface area contributed by atoms with Crippen LogP contribution >= 0.6 is 0 Å². The number of hydrogen-bond acceptors (Lipinski definition) is 5. The zero-order valence-electron chi connectivity index (χ0n) is 12.8. The lowest BCUT2D eigenvalue weighted by Gasteiger charge is -2.26. The van der Waals surface area contributed by atoms with Gasteiger partial charge in [-0.3, -0.25) is 9.69 Å². The molecule has 2 aromatic rings. The first-order valence-corrected chi connectivity index (χ1v) is 7.64. The predicted octanol–water partition coefficient (Wildman–Crippen LogP) is 0.490. The Hall–Kier alpha value is -1.99. The van der Waals surface area contributed by atoms with Crippen LogP contribution in [0.3, 0.4) is 0 Å². The lowest BCUT2D eigenvalue weighted by molar-refractivity contribution is 0.0374. The van der Waals surface area contributed by atoms with Crippen LogP contribution in [0.1, 0.15) is 22.5 Å². The van der Waals surface area contributed by atoms with Gasteiger partial charge in [0.2, 0.25) is 0 Å². The van der Waals surface area contributed by atoms with Crippen molar-refractivity contribution in [3.05, 3.63) is 29.7 Å². The lowest BCUT2D eigenvalue weighted by Crippen LogP contribution is -2.38. The molecule has 7 nitrogen and oxygen atoms in total. The maximum Gasteiger partial charge on any atom is 0.257 e. The molecule has 0 bridgehead atoms. The Bertz CT molecular complexity index is 648. The average Bonchev–Trinajstić information content (AvgIpc) is 2.88. The molecule has 3 rings (SSSR count). The van der Waals surface area contributed by atoms with Gasteiger partial charge in [0, 0.05) is 32.0 Å². The van der Waals surface area contributed by atoms with Crippen molar-refractivity contribution in [1.82, 2.24) is 24.8 Å². The normalized spacial score (nSPS) is 16.0. The number of morpholine rings is 1. The number of nitrogens with one attached hydrogen (secondary N) is 1. The average molecular weight is 303 g/mol. The van der Waals surface area contributed by atoms with E-state index in [4.69, 9.17) is 4.74 Å². The quantitative estimate of drug-likeness (QED) is 0.814. The molecule has 0 atom stereocenters. The van der Waals surface area contributed by atoms with Gasteiger partial charge in [0.1, 0.15) is 5.56 Å². The number of carbonyl (C=O) groups is 1. The van der Waals surface area contributed by atoms with Crippen molar-refractivity contribution in [3.63, 3.8) is 0 Å². The van der Waals surface area contributed by atoms with Crippen LogP contribution in [0.15, 0.2) is 18.5 Å². The number of ether oxygens (including phenoxy) is 1. The number of fused-ring (bicyclic) bond motifs is 1. The standard InChI is InChI=1S/C15H21N5O2/c1-12-13(14-16-4-3-7-20(14)18-12)15(21)17-5-2-6-19-8-10-22-11-9-19/h3-4,7H,2,5-6,8-11H2,1H3,(H,17,21). The van der Waals surface area contributed by atoms with Gasteiger partial charge in [0.25, 0.3) is 5.91 Å². The van der Waals surface area contributed by atoms with Gasteiger partial charge in [-0.25, -0.2) is 9.50 Å². The highest BCUT2D eigenvalue weighted by Crippen LogP contribution is 2.12. The number of aryl methyl sites for hydroxylation is 1. The molecule has 3 heterocycles. The molecular weight excluding hydrogens is 282 g/mol. The first-order chi connectivity index (χ1) is 10.8. The van der Waals surface area contributed by atoms with Crippen molar-refractivity contribution < 1.29 is 9.53 Å². The Kier molecular flexibility index (Phi) is 4.65. The van der Waals surface area contributed by atoms with Gasteiger partial charge in [-0.05, 0) is 26.0 Å². The monoisotopic (exact) mass is 303 g/mol. The van der Waals surface area contributed by atoms with E-state index < -0.39 is 0 Å². The van der Waals surface area contributed by atoms with E-state index in [-0.39, 0.29) is 5.91 Å². The summed E-state index contributed by atoms with van der Waals surface area (Å²) >= 11 is 0. The molecule has 2 aromatic heterocycles. The molecule has 0 radical (unpaired) electrons. The van der Waals surface area contributed by atoms with Crippen LogP contribution in [0.5, 0.6) is 0 Å². The summed E-state index contributed by atoms with van der Waals surface area (Å²) in [5, 5.41) is 7.27. The minimum absolute atomic E-state index is 0.104. The first-order valence-electron chi connectivity index (χ1n) is 7.64. The molecule has 0 aromatic carbocycles. The molecule has 1 fully saturated rings. The highest BCUT2D eigenvalue weighted by atomic mass is 16.5. The number of rotatable bonds is 5. The molecule has 1 aliphatic rings. The van der Waals surface area contributed by atoms with Crippen LogP contribution in [0.2, 0.25) is 0 Å². The van der Waals surface area contributed by atoms with Gasteiger partial charge in [-0.1, -0.05) is 0 Å². The van der Waals surface area contributed by atoms with Crippen molar-refractivity contribution in [2.24, 2.45) is 0 Å². The van der Waals surface area contributed by atoms with E-state index in [1.165, 1.54) is 0 Å². The maximum atomic E-state index is 12.4. The van der Waals surface area contributed by atoms with Crippen molar-refractivity contribution in [2.45, 2.75) is 13.3 Å². The molecule has 0 unspecified atom stereocenters. The van der Waals surface area contributed by atoms with Crippen molar-refractivity contribution in [2.75, 3.05) is 39.4 Å². The van der Waals surface area contributed by atoms with Gasteiger partial charge >= 0.3 is 0 Å². The highest BCUT2D eigenvalue weighted by Gasteiger charge is 2.17. The molecule has 0 aliphatic carbocycles. The van der Waals surface area contributed by atoms with Gasteiger partial charge in [-0.2, -0.15) is 5.10 Å². The van der Waals surface area contributed by atoms with Crippen molar-refractivity contribution >= 4 is 11.6 Å². The Morgan fingerprint density at radius 3 is 3.05 bits per heavy atom. The van der Waals surface area contributed by atoms with E-state index in [1.54, 1.807) is 23.0 Å². The number of hydrogen-bond donors (Lipinski definition) is 1. The van der Waals surface area contributed by atoms with E-state index in [2.05, 4.69) is 20.3 Å². The topological polar surface area (TPSA) is 71.8 Å². The molecule has 7 heteroatoms. The Balaban J connectivity index is 1.54. The number of aromatic nitrogens is 3. The molecular formula is C15H21N5O2. The fraction of sp³-hybridized carbons (Fsp3) is 0.533. The van der Waals surface area contributed by atoms with Crippen LogP contribution in [0, 0.1) is 6.92 Å². The fourth-order valence-corrected chi connectivity index (χ4v) is 2.68. The summed E-state index contributed by atoms with van der Waals surface area (Å²) in [4.78, 5) is 19.0. The van der Waals surface area contributed by atoms with Crippen LogP contribution in [-0.2, 0) is 4.74 Å². The van der Waals surface area contributed by atoms with E-state index in [9.17, 15) is 4.79 Å². The summed E-state index contributed by atoms with van der Waals surface area (Å²) in [6.45, 7) is 7.03. The van der Waals surface area contributed by atoms with Crippen LogP contribution < -0.4 is 5.32 Å². The van der Waals surface area contributed by atoms with Crippen LogP contribution in [0.25, 0.3) is 5.65 Å². The van der Waals surface area contributed by atoms with E-state index in [0.29, 0.717) is 23.4 Å². The molecule has 22 heavy (non-hydrogen) atoms. The third-order valence-electron chi connectivity index (χ3n) is 3.84. The minimum atomic E-state index is -0.104. The largest absolute Gasteiger partial charge is 0.379 e. The van der Waals surface area contributed by atoms with E-state index >= 15 is 0 Å². The summed E-state index contributed by atoms with van der Waals surface area (Å²) in [6, 6.07) is 1.80. The molecule has 1 saturated heterocycles. The zero-order chi connectivity index (χ0) is 15.4. The Morgan fingerprint density at radius 2 is 2.23 bits per heavy atom. The third kappa shape index (κ3) is 3.26. The third-order valence-corrected chi connectivity index (χ3v) is 3.84. The van der Waals surface area contributed by atoms with Crippen LogP contribution in [-0.4, -0.2) is 64.8 Å². The second kappa shape index (κ2) is 6.85. The molecule has 1 amide bonds. The summed E-state index contributed by atoms with van der Waals surface area (Å²) in [6.07, 6.45) is 4.40.